The molecule has 1 N–H and O–H groups in total. The van der Waals surface area contributed by atoms with E-state index in [0.29, 0.717) is 5.75 Å². The fourth-order valence-corrected chi connectivity index (χ4v) is 1.87. The van der Waals surface area contributed by atoms with Crippen molar-refractivity contribution in [3.8, 4) is 5.75 Å². The molecule has 0 aliphatic carbocycles. The van der Waals surface area contributed by atoms with Crippen molar-refractivity contribution in [3.05, 3.63) is 29.0 Å². The van der Waals surface area contributed by atoms with Crippen LogP contribution in [-0.4, -0.2) is 40.0 Å². The number of hydrogen-bond acceptors (Lipinski definition) is 3. The molecule has 1 aromatic rings. The lowest BCUT2D eigenvalue weighted by atomic mass is 10.3. The minimum atomic E-state index is -3.46. The van der Waals surface area contributed by atoms with Gasteiger partial charge in [0.05, 0.1) is 5.02 Å². The Kier molecular flexibility index (Phi) is 5.33. The summed E-state index contributed by atoms with van der Waals surface area (Å²) in [4.78, 5) is 0. The molecule has 0 saturated carbocycles. The smallest absolute Gasteiger partial charge is 0.279 e. The molecule has 0 unspecified atom stereocenters. The molecule has 5 nitrogen and oxygen atoms in total. The zero-order valence-corrected chi connectivity index (χ0v) is 11.6. The first-order chi connectivity index (χ1) is 8.33. The van der Waals surface area contributed by atoms with Crippen LogP contribution >= 0.6 is 11.6 Å². The van der Waals surface area contributed by atoms with Gasteiger partial charge in [0.2, 0.25) is 0 Å². The largest absolute Gasteiger partial charge is 0.491 e. The Labute approximate surface area is 111 Å². The van der Waals surface area contributed by atoms with Gasteiger partial charge in [-0.05, 0) is 18.2 Å². The molecule has 0 bridgehead atoms. The topological polar surface area (TPSA) is 58.6 Å². The number of rotatable bonds is 6. The van der Waals surface area contributed by atoms with Crippen molar-refractivity contribution in [3.63, 3.8) is 0 Å². The lowest BCUT2D eigenvalue weighted by molar-refractivity contribution is 0.321. The van der Waals surface area contributed by atoms with Crippen LogP contribution in [0.15, 0.2) is 18.2 Å². The van der Waals surface area contributed by atoms with Gasteiger partial charge in [-0.3, -0.25) is 0 Å². The first kappa shape index (κ1) is 15.2. The van der Waals surface area contributed by atoms with E-state index in [0.717, 1.165) is 10.4 Å². The van der Waals surface area contributed by atoms with Gasteiger partial charge in [0, 0.05) is 20.6 Å². The van der Waals surface area contributed by atoms with Crippen molar-refractivity contribution in [2.24, 2.45) is 0 Å². The van der Waals surface area contributed by atoms with Crippen molar-refractivity contribution in [2.45, 2.75) is 0 Å². The summed E-state index contributed by atoms with van der Waals surface area (Å²) in [7, 11) is -0.626. The molecule has 0 radical (unpaired) electrons. The molecule has 1 aromatic carbocycles. The highest BCUT2D eigenvalue weighted by molar-refractivity contribution is 7.87. The van der Waals surface area contributed by atoms with Crippen molar-refractivity contribution in [2.75, 3.05) is 27.2 Å². The molecule has 8 heteroatoms. The molecule has 0 fully saturated rings. The van der Waals surface area contributed by atoms with E-state index in [2.05, 4.69) is 4.72 Å². The molecule has 0 atom stereocenters. The summed E-state index contributed by atoms with van der Waals surface area (Å²) >= 11 is 5.74. The van der Waals surface area contributed by atoms with Gasteiger partial charge in [0.25, 0.3) is 10.2 Å². The van der Waals surface area contributed by atoms with Crippen LogP contribution < -0.4 is 9.46 Å². The van der Waals surface area contributed by atoms with E-state index < -0.39 is 16.0 Å². The van der Waals surface area contributed by atoms with Gasteiger partial charge in [0.15, 0.2) is 0 Å². The van der Waals surface area contributed by atoms with E-state index in [1.54, 1.807) is 0 Å². The number of hydrogen-bond donors (Lipinski definition) is 1. The predicted octanol–water partition coefficient (Wildman–Crippen LogP) is 1.25. The van der Waals surface area contributed by atoms with E-state index in [1.165, 1.54) is 26.2 Å². The van der Waals surface area contributed by atoms with Gasteiger partial charge in [-0.1, -0.05) is 11.6 Å². The number of benzene rings is 1. The van der Waals surface area contributed by atoms with Crippen LogP contribution in [0.25, 0.3) is 0 Å². The SMILES string of the molecule is CN(C)S(=O)(=O)NCCOc1ccc(F)cc1Cl. The molecule has 102 valence electrons. The van der Waals surface area contributed by atoms with Gasteiger partial charge in [-0.15, -0.1) is 0 Å². The Balaban J connectivity index is 2.43. The van der Waals surface area contributed by atoms with E-state index in [4.69, 9.17) is 16.3 Å². The Morgan fingerprint density at radius 2 is 2.11 bits per heavy atom. The maximum atomic E-state index is 12.7. The fourth-order valence-electron chi connectivity index (χ4n) is 1.05. The second-order valence-electron chi connectivity index (χ2n) is 3.60. The highest BCUT2D eigenvalue weighted by Gasteiger charge is 2.11. The van der Waals surface area contributed by atoms with Crippen LogP contribution in [-0.2, 0) is 10.2 Å². The fraction of sp³-hybridized carbons (Fsp3) is 0.400. The zero-order valence-electron chi connectivity index (χ0n) is 9.98. The van der Waals surface area contributed by atoms with Crippen LogP contribution in [0.2, 0.25) is 5.02 Å². The van der Waals surface area contributed by atoms with Gasteiger partial charge in [-0.25, -0.2) is 4.39 Å². The number of nitrogens with one attached hydrogen (secondary N) is 1. The normalized spacial score (nSPS) is 11.8. The van der Waals surface area contributed by atoms with Crippen molar-refractivity contribution >= 4 is 21.8 Å². The third-order valence-corrected chi connectivity index (χ3v) is 3.84. The quantitative estimate of drug-likeness (QED) is 0.804. The van der Waals surface area contributed by atoms with Crippen LogP contribution in [0.3, 0.4) is 0 Å². The monoisotopic (exact) mass is 296 g/mol. The average Bonchev–Trinajstić information content (AvgIpc) is 2.26. The summed E-state index contributed by atoms with van der Waals surface area (Å²) in [5.74, 6) is -0.150. The lowest BCUT2D eigenvalue weighted by Crippen LogP contribution is -2.37. The first-order valence-corrected chi connectivity index (χ1v) is 6.89. The van der Waals surface area contributed by atoms with Crippen LogP contribution in [0.1, 0.15) is 0 Å². The molecular weight excluding hydrogens is 283 g/mol. The summed E-state index contributed by atoms with van der Waals surface area (Å²) in [5.41, 5.74) is 0. The summed E-state index contributed by atoms with van der Waals surface area (Å²) in [6, 6.07) is 3.73. The Bertz CT molecular complexity index is 508. The average molecular weight is 297 g/mol. The molecule has 0 spiro atoms. The molecule has 0 heterocycles. The third kappa shape index (κ3) is 4.41. The van der Waals surface area contributed by atoms with E-state index in [-0.39, 0.29) is 18.2 Å². The number of ether oxygens (including phenoxy) is 1. The van der Waals surface area contributed by atoms with Crippen molar-refractivity contribution in [1.29, 1.82) is 0 Å². The molecule has 0 aliphatic heterocycles. The highest BCUT2D eigenvalue weighted by atomic mass is 35.5. The Morgan fingerprint density at radius 1 is 1.44 bits per heavy atom. The third-order valence-electron chi connectivity index (χ3n) is 2.02. The Hall–Kier alpha value is -0.890. The second-order valence-corrected chi connectivity index (χ2v) is 5.98. The van der Waals surface area contributed by atoms with Gasteiger partial charge >= 0.3 is 0 Å². The van der Waals surface area contributed by atoms with Crippen molar-refractivity contribution in [1.82, 2.24) is 9.03 Å². The Morgan fingerprint density at radius 3 is 2.67 bits per heavy atom. The molecule has 1 rings (SSSR count). The molecule has 0 amide bonds. The van der Waals surface area contributed by atoms with Gasteiger partial charge < -0.3 is 4.74 Å². The van der Waals surface area contributed by atoms with Gasteiger partial charge in [0.1, 0.15) is 18.2 Å². The predicted molar refractivity (Wildman–Crippen MR) is 67.5 cm³/mol. The van der Waals surface area contributed by atoms with E-state index >= 15 is 0 Å². The standard InChI is InChI=1S/C10H14ClFN2O3S/c1-14(2)18(15,16)13-5-6-17-10-4-3-8(12)7-9(10)11/h3-4,7,13H,5-6H2,1-2H3. The van der Waals surface area contributed by atoms with E-state index in [1.807, 2.05) is 0 Å². The molecular formula is C10H14ClFN2O3S. The zero-order chi connectivity index (χ0) is 13.8. The van der Waals surface area contributed by atoms with Crippen molar-refractivity contribution < 1.29 is 17.5 Å². The summed E-state index contributed by atoms with van der Waals surface area (Å²) in [5, 5.41) is 0.144. The maximum absolute atomic E-state index is 12.7. The summed E-state index contributed by atoms with van der Waals surface area (Å²) in [6.07, 6.45) is 0. The number of nitrogens with zero attached hydrogens (tertiary/aromatic N) is 1. The van der Waals surface area contributed by atoms with Gasteiger partial charge in [-0.2, -0.15) is 17.4 Å². The molecule has 18 heavy (non-hydrogen) atoms. The second kappa shape index (κ2) is 6.33. The summed E-state index contributed by atoms with van der Waals surface area (Å²) in [6.45, 7) is 0.187. The number of halogens is 2. The molecule has 0 aromatic heterocycles. The first-order valence-electron chi connectivity index (χ1n) is 5.08. The minimum Gasteiger partial charge on any atom is -0.491 e. The van der Waals surface area contributed by atoms with Crippen LogP contribution in [0, 0.1) is 5.82 Å². The molecule has 0 saturated heterocycles. The molecule has 0 aliphatic rings. The highest BCUT2D eigenvalue weighted by Crippen LogP contribution is 2.24. The van der Waals surface area contributed by atoms with Crippen LogP contribution in [0.5, 0.6) is 5.75 Å². The maximum Gasteiger partial charge on any atom is 0.279 e. The minimum absolute atomic E-state index is 0.0915. The lowest BCUT2D eigenvalue weighted by Gasteiger charge is -2.13. The van der Waals surface area contributed by atoms with Crippen LogP contribution in [0.4, 0.5) is 4.39 Å². The summed E-state index contributed by atoms with van der Waals surface area (Å²) < 4.78 is 44.0. The van der Waals surface area contributed by atoms with E-state index in [9.17, 15) is 12.8 Å².